The maximum absolute atomic E-state index is 12.3. The Balaban J connectivity index is 1.45. The molecule has 4 rings (SSSR count). The molecule has 176 valence electrons. The summed E-state index contributed by atoms with van der Waals surface area (Å²) in [6.45, 7) is 0.253. The number of thioether (sulfide) groups is 1. The first-order chi connectivity index (χ1) is 17.0. The van der Waals surface area contributed by atoms with E-state index in [0.29, 0.717) is 10.8 Å². The lowest BCUT2D eigenvalue weighted by Crippen LogP contribution is -2.19. The Labute approximate surface area is 211 Å². The molecule has 1 amide bonds. The molecule has 0 heterocycles. The maximum atomic E-state index is 12.3. The number of aromatic carboxylic acids is 1. The highest BCUT2D eigenvalue weighted by Crippen LogP contribution is 2.27. The fourth-order valence-electron chi connectivity index (χ4n) is 3.32. The minimum atomic E-state index is -0.973. The van der Waals surface area contributed by atoms with E-state index in [2.05, 4.69) is 10.5 Å². The van der Waals surface area contributed by atoms with Crippen LogP contribution < -0.4 is 10.2 Å². The molecule has 4 aromatic carbocycles. The van der Waals surface area contributed by atoms with Gasteiger partial charge in [-0.25, -0.2) is 10.2 Å². The third kappa shape index (κ3) is 6.62. The molecular formula is C27H21ClN2O4S. The standard InChI is InChI=1S/C27H21ClN2O4S/c28-21-10-12-22(13-11-21)35-17-26(31)30-29-15-24-23-4-2-1-3-19(23)9-14-25(24)34-16-18-5-7-20(8-6-18)27(32)33/h1-15H,16-17H2,(H,30,31)(H,32,33)/b29-15-. The maximum Gasteiger partial charge on any atom is 0.335 e. The van der Waals surface area contributed by atoms with Crippen molar-refractivity contribution in [3.63, 3.8) is 0 Å². The highest BCUT2D eigenvalue weighted by molar-refractivity contribution is 8.00. The summed E-state index contributed by atoms with van der Waals surface area (Å²) in [4.78, 5) is 24.3. The van der Waals surface area contributed by atoms with Crippen LogP contribution in [0.3, 0.4) is 0 Å². The summed E-state index contributed by atoms with van der Waals surface area (Å²) in [5, 5.41) is 15.8. The molecule has 0 aliphatic carbocycles. The monoisotopic (exact) mass is 504 g/mol. The number of ether oxygens (including phenoxy) is 1. The van der Waals surface area contributed by atoms with Crippen molar-refractivity contribution in [1.29, 1.82) is 0 Å². The number of carbonyl (C=O) groups excluding carboxylic acids is 1. The van der Waals surface area contributed by atoms with E-state index >= 15 is 0 Å². The molecule has 35 heavy (non-hydrogen) atoms. The highest BCUT2D eigenvalue weighted by atomic mass is 35.5. The second-order valence-corrected chi connectivity index (χ2v) is 9.01. The number of hydrazone groups is 1. The molecule has 0 atom stereocenters. The van der Waals surface area contributed by atoms with Gasteiger partial charge in [-0.1, -0.05) is 54.1 Å². The van der Waals surface area contributed by atoms with Crippen LogP contribution in [0, 0.1) is 0 Å². The Morgan fingerprint density at radius 3 is 2.46 bits per heavy atom. The number of rotatable bonds is 9. The summed E-state index contributed by atoms with van der Waals surface area (Å²) >= 11 is 7.28. The van der Waals surface area contributed by atoms with E-state index < -0.39 is 5.97 Å². The van der Waals surface area contributed by atoms with Gasteiger partial charge in [0.2, 0.25) is 5.91 Å². The van der Waals surface area contributed by atoms with E-state index in [0.717, 1.165) is 26.8 Å². The molecule has 0 aliphatic heterocycles. The molecule has 0 fully saturated rings. The lowest BCUT2D eigenvalue weighted by molar-refractivity contribution is -0.118. The van der Waals surface area contributed by atoms with Gasteiger partial charge >= 0.3 is 5.97 Å². The molecule has 0 unspecified atom stereocenters. The second kappa shape index (κ2) is 11.6. The number of carbonyl (C=O) groups is 2. The molecule has 0 saturated heterocycles. The summed E-state index contributed by atoms with van der Waals surface area (Å²) in [5.74, 6) is -0.398. The predicted octanol–water partition coefficient (Wildman–Crippen LogP) is 6.01. The number of halogens is 1. The summed E-state index contributed by atoms with van der Waals surface area (Å²) in [6, 6.07) is 25.4. The first-order valence-corrected chi connectivity index (χ1v) is 12.0. The van der Waals surface area contributed by atoms with Crippen LogP contribution in [0.2, 0.25) is 5.02 Å². The Kier molecular flexibility index (Phi) is 8.03. The van der Waals surface area contributed by atoms with E-state index in [1.165, 1.54) is 11.8 Å². The molecule has 0 spiro atoms. The highest BCUT2D eigenvalue weighted by Gasteiger charge is 2.09. The Morgan fingerprint density at radius 2 is 1.71 bits per heavy atom. The van der Waals surface area contributed by atoms with Crippen LogP contribution >= 0.6 is 23.4 Å². The van der Waals surface area contributed by atoms with Crippen LogP contribution in [0.15, 0.2) is 94.9 Å². The number of nitrogens with one attached hydrogen (secondary N) is 1. The molecule has 6 nitrogen and oxygen atoms in total. The molecule has 0 aliphatic rings. The van der Waals surface area contributed by atoms with Crippen LogP contribution in [0.4, 0.5) is 0 Å². The van der Waals surface area contributed by atoms with E-state index in [4.69, 9.17) is 21.4 Å². The predicted molar refractivity (Wildman–Crippen MR) is 140 cm³/mol. The Bertz CT molecular complexity index is 1370. The van der Waals surface area contributed by atoms with Crippen LogP contribution in [0.25, 0.3) is 10.8 Å². The van der Waals surface area contributed by atoms with E-state index in [-0.39, 0.29) is 23.8 Å². The average Bonchev–Trinajstić information content (AvgIpc) is 2.88. The van der Waals surface area contributed by atoms with Crippen molar-refractivity contribution < 1.29 is 19.4 Å². The van der Waals surface area contributed by atoms with Crippen molar-refractivity contribution in [1.82, 2.24) is 5.43 Å². The Hall–Kier alpha value is -3.81. The van der Waals surface area contributed by atoms with Gasteiger partial charge in [0.1, 0.15) is 12.4 Å². The second-order valence-electron chi connectivity index (χ2n) is 7.53. The number of carboxylic acids is 1. The van der Waals surface area contributed by atoms with Crippen molar-refractivity contribution in [2.24, 2.45) is 5.10 Å². The number of benzene rings is 4. The largest absolute Gasteiger partial charge is 0.488 e. The first kappa shape index (κ1) is 24.3. The number of carboxylic acid groups (broad SMARTS) is 1. The molecule has 0 aromatic heterocycles. The fourth-order valence-corrected chi connectivity index (χ4v) is 4.14. The number of nitrogens with zero attached hydrogens (tertiary/aromatic N) is 1. The van der Waals surface area contributed by atoms with Gasteiger partial charge < -0.3 is 9.84 Å². The van der Waals surface area contributed by atoms with Gasteiger partial charge in [-0.3, -0.25) is 4.79 Å². The van der Waals surface area contributed by atoms with Crippen molar-refractivity contribution >= 4 is 52.2 Å². The minimum absolute atomic E-state index is 0.213. The molecule has 0 saturated carbocycles. The Morgan fingerprint density at radius 1 is 0.971 bits per heavy atom. The zero-order chi connectivity index (χ0) is 24.6. The third-order valence-corrected chi connectivity index (χ3v) is 6.36. The van der Waals surface area contributed by atoms with Gasteiger partial charge in [-0.15, -0.1) is 11.8 Å². The topological polar surface area (TPSA) is 88.0 Å². The van der Waals surface area contributed by atoms with Gasteiger partial charge in [0.05, 0.1) is 17.5 Å². The summed E-state index contributed by atoms with van der Waals surface area (Å²) in [6.07, 6.45) is 1.58. The van der Waals surface area contributed by atoms with E-state index in [1.807, 2.05) is 48.5 Å². The normalized spacial score (nSPS) is 11.0. The van der Waals surface area contributed by atoms with Crippen LogP contribution in [0.5, 0.6) is 5.75 Å². The minimum Gasteiger partial charge on any atom is -0.488 e. The lowest BCUT2D eigenvalue weighted by atomic mass is 10.0. The van der Waals surface area contributed by atoms with E-state index in [9.17, 15) is 9.59 Å². The average molecular weight is 505 g/mol. The molecule has 0 radical (unpaired) electrons. The molecule has 4 aromatic rings. The van der Waals surface area contributed by atoms with Crippen molar-refractivity contribution in [3.8, 4) is 5.75 Å². The van der Waals surface area contributed by atoms with Crippen molar-refractivity contribution in [2.45, 2.75) is 11.5 Å². The van der Waals surface area contributed by atoms with Crippen molar-refractivity contribution in [2.75, 3.05) is 5.75 Å². The number of hydrogen-bond acceptors (Lipinski definition) is 5. The number of fused-ring (bicyclic) bond motifs is 1. The molecule has 2 N–H and O–H groups in total. The zero-order valence-electron chi connectivity index (χ0n) is 18.5. The SMILES string of the molecule is O=C(CSc1ccc(Cl)cc1)N/N=C\c1c(OCc2ccc(C(=O)O)cc2)ccc2ccccc12. The van der Waals surface area contributed by atoms with Gasteiger partial charge in [-0.05, 0) is 58.8 Å². The molecule has 8 heteroatoms. The summed E-state index contributed by atoms with van der Waals surface area (Å²) < 4.78 is 6.04. The summed E-state index contributed by atoms with van der Waals surface area (Å²) in [7, 11) is 0. The zero-order valence-corrected chi connectivity index (χ0v) is 20.1. The molecular weight excluding hydrogens is 484 g/mol. The quantitative estimate of drug-likeness (QED) is 0.165. The summed E-state index contributed by atoms with van der Waals surface area (Å²) in [5.41, 5.74) is 4.35. The first-order valence-electron chi connectivity index (χ1n) is 10.7. The molecule has 0 bridgehead atoms. The smallest absolute Gasteiger partial charge is 0.335 e. The third-order valence-electron chi connectivity index (χ3n) is 5.09. The number of hydrogen-bond donors (Lipinski definition) is 2. The van der Waals surface area contributed by atoms with E-state index in [1.54, 1.807) is 42.6 Å². The van der Waals surface area contributed by atoms with Gasteiger partial charge in [-0.2, -0.15) is 5.10 Å². The van der Waals surface area contributed by atoms with Gasteiger partial charge in [0, 0.05) is 15.5 Å². The van der Waals surface area contributed by atoms with Crippen LogP contribution in [-0.2, 0) is 11.4 Å². The van der Waals surface area contributed by atoms with Gasteiger partial charge in [0.15, 0.2) is 0 Å². The van der Waals surface area contributed by atoms with Gasteiger partial charge in [0.25, 0.3) is 0 Å². The fraction of sp³-hybridized carbons (Fsp3) is 0.0741. The lowest BCUT2D eigenvalue weighted by Gasteiger charge is -2.12. The van der Waals surface area contributed by atoms with Crippen LogP contribution in [0.1, 0.15) is 21.5 Å². The number of amides is 1. The van der Waals surface area contributed by atoms with Crippen molar-refractivity contribution in [3.05, 3.63) is 107 Å². The van der Waals surface area contributed by atoms with Crippen LogP contribution in [-0.4, -0.2) is 29.0 Å².